The van der Waals surface area contributed by atoms with Crippen molar-refractivity contribution in [3.63, 3.8) is 0 Å². The summed E-state index contributed by atoms with van der Waals surface area (Å²) in [6, 6.07) is 13.4. The van der Waals surface area contributed by atoms with Gasteiger partial charge in [-0.25, -0.2) is 0 Å². The Bertz CT molecular complexity index is 800. The molecular weight excluding hydrogens is 340 g/mol. The van der Waals surface area contributed by atoms with Gasteiger partial charge < -0.3 is 15.4 Å². The minimum Gasteiger partial charge on any atom is -0.484 e. The highest BCUT2D eigenvalue weighted by atomic mass is 16.5. The van der Waals surface area contributed by atoms with Crippen LogP contribution in [-0.2, 0) is 16.0 Å². The van der Waals surface area contributed by atoms with E-state index in [1.165, 1.54) is 5.56 Å². The van der Waals surface area contributed by atoms with E-state index in [1.807, 2.05) is 56.3 Å². The Hall–Kier alpha value is -2.82. The number of aryl methyl sites for hydroxylation is 2. The molecule has 0 unspecified atom stereocenters. The van der Waals surface area contributed by atoms with E-state index in [0.29, 0.717) is 11.7 Å². The fraction of sp³-hybridized carbons (Fsp3) is 0.364. The molecule has 2 N–H and O–H groups in total. The van der Waals surface area contributed by atoms with Crippen molar-refractivity contribution in [3.05, 3.63) is 59.2 Å². The molecule has 0 radical (unpaired) electrons. The van der Waals surface area contributed by atoms with Gasteiger partial charge in [-0.1, -0.05) is 45.0 Å². The minimum absolute atomic E-state index is 0.0917. The van der Waals surface area contributed by atoms with Gasteiger partial charge in [-0.3, -0.25) is 9.59 Å². The molecule has 0 aliphatic rings. The lowest BCUT2D eigenvalue weighted by Crippen LogP contribution is -2.35. The molecule has 5 nitrogen and oxygen atoms in total. The van der Waals surface area contributed by atoms with Crippen LogP contribution in [-0.4, -0.2) is 25.0 Å². The number of rotatable bonds is 8. The Balaban J connectivity index is 1.79. The predicted molar refractivity (Wildman–Crippen MR) is 108 cm³/mol. The third-order valence-electron chi connectivity index (χ3n) is 4.35. The zero-order valence-corrected chi connectivity index (χ0v) is 16.5. The molecule has 0 bridgehead atoms. The standard InChI is InChI=1S/C22H28N2O3/c1-5-17-8-6-7-9-20(17)24-21(25)13-23-22(26)14-27-18-10-11-19(15(2)3)16(4)12-18/h6-12,15H,5,13-14H2,1-4H3,(H,23,26)(H,24,25). The van der Waals surface area contributed by atoms with Gasteiger partial charge in [0.2, 0.25) is 5.91 Å². The zero-order chi connectivity index (χ0) is 19.8. The Morgan fingerprint density at radius 1 is 1.07 bits per heavy atom. The van der Waals surface area contributed by atoms with Crippen molar-refractivity contribution < 1.29 is 14.3 Å². The van der Waals surface area contributed by atoms with Gasteiger partial charge in [0.25, 0.3) is 5.91 Å². The molecular formula is C22H28N2O3. The molecule has 0 aromatic heterocycles. The summed E-state index contributed by atoms with van der Waals surface area (Å²) >= 11 is 0. The molecule has 2 rings (SSSR count). The number of carbonyl (C=O) groups is 2. The Morgan fingerprint density at radius 3 is 2.48 bits per heavy atom. The lowest BCUT2D eigenvalue weighted by molar-refractivity contribution is -0.125. The zero-order valence-electron chi connectivity index (χ0n) is 16.5. The van der Waals surface area contributed by atoms with E-state index in [0.717, 1.165) is 23.2 Å². The summed E-state index contributed by atoms with van der Waals surface area (Å²) in [5.41, 5.74) is 4.23. The first-order valence-electron chi connectivity index (χ1n) is 9.28. The summed E-state index contributed by atoms with van der Waals surface area (Å²) in [5, 5.41) is 5.40. The second-order valence-electron chi connectivity index (χ2n) is 6.80. The SMILES string of the molecule is CCc1ccccc1NC(=O)CNC(=O)COc1ccc(C(C)C)c(C)c1. The molecule has 2 aromatic carbocycles. The van der Waals surface area contributed by atoms with Crippen molar-refractivity contribution >= 4 is 17.5 Å². The van der Waals surface area contributed by atoms with Crippen LogP contribution in [0, 0.1) is 6.92 Å². The van der Waals surface area contributed by atoms with Crippen molar-refractivity contribution in [1.82, 2.24) is 5.32 Å². The second kappa shape index (κ2) is 9.76. The molecule has 2 aromatic rings. The fourth-order valence-corrected chi connectivity index (χ4v) is 2.91. The Kier molecular flexibility index (Phi) is 7.41. The number of amides is 2. The van der Waals surface area contributed by atoms with Crippen LogP contribution < -0.4 is 15.4 Å². The summed E-state index contributed by atoms with van der Waals surface area (Å²) in [6.45, 7) is 8.12. The molecule has 0 saturated carbocycles. The van der Waals surface area contributed by atoms with Gasteiger partial charge in [0.05, 0.1) is 6.54 Å². The molecule has 0 heterocycles. The summed E-state index contributed by atoms with van der Waals surface area (Å²) in [6.07, 6.45) is 0.825. The van der Waals surface area contributed by atoms with Crippen molar-refractivity contribution in [2.45, 2.75) is 40.0 Å². The first kappa shape index (κ1) is 20.5. The maximum Gasteiger partial charge on any atom is 0.258 e. The molecule has 0 spiro atoms. The summed E-state index contributed by atoms with van der Waals surface area (Å²) in [5.74, 6) is 0.493. The van der Waals surface area contributed by atoms with Gasteiger partial charge in [-0.15, -0.1) is 0 Å². The van der Waals surface area contributed by atoms with Crippen LogP contribution in [0.2, 0.25) is 0 Å². The van der Waals surface area contributed by atoms with Gasteiger partial charge in [-0.2, -0.15) is 0 Å². The third-order valence-corrected chi connectivity index (χ3v) is 4.35. The lowest BCUT2D eigenvalue weighted by Gasteiger charge is -2.13. The van der Waals surface area contributed by atoms with E-state index in [4.69, 9.17) is 4.74 Å². The van der Waals surface area contributed by atoms with Crippen LogP contribution in [0.3, 0.4) is 0 Å². The fourth-order valence-electron chi connectivity index (χ4n) is 2.91. The number of hydrogen-bond acceptors (Lipinski definition) is 3. The molecule has 0 fully saturated rings. The number of ether oxygens (including phenoxy) is 1. The van der Waals surface area contributed by atoms with E-state index in [1.54, 1.807) is 0 Å². The predicted octanol–water partition coefficient (Wildman–Crippen LogP) is 3.81. The van der Waals surface area contributed by atoms with E-state index in [-0.39, 0.29) is 25.0 Å². The second-order valence-corrected chi connectivity index (χ2v) is 6.80. The van der Waals surface area contributed by atoms with Gasteiger partial charge >= 0.3 is 0 Å². The average molecular weight is 368 g/mol. The summed E-state index contributed by atoms with van der Waals surface area (Å²) in [7, 11) is 0. The highest BCUT2D eigenvalue weighted by Gasteiger charge is 2.09. The number of para-hydroxylation sites is 1. The number of benzene rings is 2. The van der Waals surface area contributed by atoms with Gasteiger partial charge in [0.1, 0.15) is 5.75 Å². The van der Waals surface area contributed by atoms with Gasteiger partial charge in [-0.05, 0) is 54.2 Å². The normalized spacial score (nSPS) is 10.6. The van der Waals surface area contributed by atoms with E-state index < -0.39 is 0 Å². The summed E-state index contributed by atoms with van der Waals surface area (Å²) < 4.78 is 5.53. The quantitative estimate of drug-likeness (QED) is 0.744. The first-order chi connectivity index (χ1) is 12.9. The number of carbonyl (C=O) groups excluding carboxylic acids is 2. The van der Waals surface area contributed by atoms with Crippen LogP contribution in [0.4, 0.5) is 5.69 Å². The van der Waals surface area contributed by atoms with Gasteiger partial charge in [0, 0.05) is 5.69 Å². The van der Waals surface area contributed by atoms with Crippen LogP contribution in [0.1, 0.15) is 43.4 Å². The van der Waals surface area contributed by atoms with Crippen LogP contribution in [0.25, 0.3) is 0 Å². The van der Waals surface area contributed by atoms with Crippen LogP contribution in [0.5, 0.6) is 5.75 Å². The molecule has 0 aliphatic carbocycles. The largest absolute Gasteiger partial charge is 0.484 e. The number of nitrogens with one attached hydrogen (secondary N) is 2. The molecule has 0 atom stereocenters. The lowest BCUT2D eigenvalue weighted by atomic mass is 9.98. The molecule has 0 aliphatic heterocycles. The third kappa shape index (κ3) is 6.13. The molecule has 0 saturated heterocycles. The maximum absolute atomic E-state index is 12.0. The van der Waals surface area contributed by atoms with Crippen molar-refractivity contribution in [1.29, 1.82) is 0 Å². The highest BCUT2D eigenvalue weighted by Crippen LogP contribution is 2.23. The topological polar surface area (TPSA) is 67.4 Å². The van der Waals surface area contributed by atoms with Crippen LogP contribution >= 0.6 is 0 Å². The minimum atomic E-state index is -0.334. The molecule has 5 heteroatoms. The highest BCUT2D eigenvalue weighted by molar-refractivity contribution is 5.95. The Labute approximate surface area is 161 Å². The molecule has 2 amide bonds. The maximum atomic E-state index is 12.0. The van der Waals surface area contributed by atoms with Gasteiger partial charge in [0.15, 0.2) is 6.61 Å². The van der Waals surface area contributed by atoms with E-state index in [9.17, 15) is 9.59 Å². The van der Waals surface area contributed by atoms with Crippen molar-refractivity contribution in [2.24, 2.45) is 0 Å². The Morgan fingerprint density at radius 2 is 1.81 bits per heavy atom. The molecule has 27 heavy (non-hydrogen) atoms. The van der Waals surface area contributed by atoms with Crippen molar-refractivity contribution in [3.8, 4) is 5.75 Å². The number of hydrogen-bond donors (Lipinski definition) is 2. The van der Waals surface area contributed by atoms with Crippen molar-refractivity contribution in [2.75, 3.05) is 18.5 Å². The smallest absolute Gasteiger partial charge is 0.258 e. The number of anilines is 1. The van der Waals surface area contributed by atoms with E-state index in [2.05, 4.69) is 24.5 Å². The average Bonchev–Trinajstić information content (AvgIpc) is 2.65. The molecule has 144 valence electrons. The monoisotopic (exact) mass is 368 g/mol. The van der Waals surface area contributed by atoms with Crippen LogP contribution in [0.15, 0.2) is 42.5 Å². The first-order valence-corrected chi connectivity index (χ1v) is 9.28. The summed E-state index contributed by atoms with van der Waals surface area (Å²) in [4.78, 5) is 24.0. The van der Waals surface area contributed by atoms with E-state index >= 15 is 0 Å².